The predicted octanol–water partition coefficient (Wildman–Crippen LogP) is 3.72. The molecular formula is C25H31N3O2. The molecule has 1 amide bonds. The zero-order chi connectivity index (χ0) is 20.6. The number of H-pyrrole nitrogens is 1. The number of nitrogens with one attached hydrogen (secondary N) is 2. The minimum Gasteiger partial charge on any atom is -0.379 e. The standard InChI is InChI=1S/C25H31N3O2/c29-25(26-12-13-28-14-16-30-17-15-28)18-21(11-10-20-6-2-1-3-7-20)23-19-27-24-9-5-4-8-22(23)24/h1-9,19,21,27H,10-18H2,(H,26,29)/t21-/m0/s1. The van der Waals surface area contributed by atoms with Gasteiger partial charge >= 0.3 is 0 Å². The number of hydrogen-bond acceptors (Lipinski definition) is 3. The highest BCUT2D eigenvalue weighted by atomic mass is 16.5. The van der Waals surface area contributed by atoms with Gasteiger partial charge in [0.25, 0.3) is 0 Å². The first-order valence-electron chi connectivity index (χ1n) is 11.0. The first-order chi connectivity index (χ1) is 14.8. The fourth-order valence-corrected chi connectivity index (χ4v) is 4.26. The lowest BCUT2D eigenvalue weighted by atomic mass is 9.89. The summed E-state index contributed by atoms with van der Waals surface area (Å²) >= 11 is 0. The van der Waals surface area contributed by atoms with Crippen molar-refractivity contribution in [1.82, 2.24) is 15.2 Å². The van der Waals surface area contributed by atoms with Crippen molar-refractivity contribution in [1.29, 1.82) is 0 Å². The Morgan fingerprint density at radius 3 is 2.67 bits per heavy atom. The molecule has 5 heteroatoms. The number of hydrogen-bond donors (Lipinski definition) is 2. The number of morpholine rings is 1. The molecule has 1 saturated heterocycles. The molecule has 0 bridgehead atoms. The van der Waals surface area contributed by atoms with Gasteiger partial charge in [-0.05, 0) is 36.0 Å². The molecule has 4 rings (SSSR count). The van der Waals surface area contributed by atoms with E-state index in [1.54, 1.807) is 0 Å². The lowest BCUT2D eigenvalue weighted by Crippen LogP contribution is -2.41. The number of aryl methyl sites for hydroxylation is 1. The summed E-state index contributed by atoms with van der Waals surface area (Å²) in [4.78, 5) is 18.5. The molecule has 1 fully saturated rings. The van der Waals surface area contributed by atoms with Crippen LogP contribution >= 0.6 is 0 Å². The Kier molecular flexibility index (Phi) is 7.16. The molecule has 0 unspecified atom stereocenters. The van der Waals surface area contributed by atoms with E-state index in [2.05, 4.69) is 63.9 Å². The van der Waals surface area contributed by atoms with Crippen molar-refractivity contribution in [2.75, 3.05) is 39.4 Å². The van der Waals surface area contributed by atoms with Crippen LogP contribution in [-0.2, 0) is 16.0 Å². The zero-order valence-corrected chi connectivity index (χ0v) is 17.5. The van der Waals surface area contributed by atoms with Crippen molar-refractivity contribution in [2.24, 2.45) is 0 Å². The molecule has 0 spiro atoms. The van der Waals surface area contributed by atoms with Crippen molar-refractivity contribution in [3.8, 4) is 0 Å². The van der Waals surface area contributed by atoms with Crippen LogP contribution in [0.25, 0.3) is 10.9 Å². The fraction of sp³-hybridized carbons (Fsp3) is 0.400. The Hall–Kier alpha value is -2.63. The van der Waals surface area contributed by atoms with Gasteiger partial charge in [0.15, 0.2) is 0 Å². The minimum atomic E-state index is 0.131. The first kappa shape index (κ1) is 20.6. The van der Waals surface area contributed by atoms with E-state index < -0.39 is 0 Å². The average Bonchev–Trinajstić information content (AvgIpc) is 3.22. The van der Waals surface area contributed by atoms with Gasteiger partial charge in [0.05, 0.1) is 13.2 Å². The molecule has 3 aromatic rings. The monoisotopic (exact) mass is 405 g/mol. The summed E-state index contributed by atoms with van der Waals surface area (Å²) in [6, 6.07) is 18.9. The number of fused-ring (bicyclic) bond motifs is 1. The van der Waals surface area contributed by atoms with Crippen LogP contribution in [0.4, 0.5) is 0 Å². The molecule has 1 aromatic heterocycles. The summed E-state index contributed by atoms with van der Waals surface area (Å²) in [5.74, 6) is 0.316. The third-order valence-corrected chi connectivity index (χ3v) is 5.97. The van der Waals surface area contributed by atoms with Gasteiger partial charge in [0, 0.05) is 49.7 Å². The van der Waals surface area contributed by atoms with E-state index in [9.17, 15) is 4.79 Å². The normalized spacial score (nSPS) is 15.9. The molecule has 2 N–H and O–H groups in total. The Balaban J connectivity index is 1.39. The quantitative estimate of drug-likeness (QED) is 0.570. The van der Waals surface area contributed by atoms with Gasteiger partial charge < -0.3 is 15.0 Å². The van der Waals surface area contributed by atoms with Crippen LogP contribution in [0.1, 0.15) is 29.9 Å². The number of nitrogens with zero attached hydrogens (tertiary/aromatic N) is 1. The molecule has 1 aliphatic rings. The van der Waals surface area contributed by atoms with Gasteiger partial charge in [-0.25, -0.2) is 0 Å². The maximum Gasteiger partial charge on any atom is 0.220 e. The molecule has 1 aliphatic heterocycles. The van der Waals surface area contributed by atoms with Crippen LogP contribution in [0.3, 0.4) is 0 Å². The maximum absolute atomic E-state index is 12.8. The van der Waals surface area contributed by atoms with Gasteiger partial charge in [-0.1, -0.05) is 48.5 Å². The van der Waals surface area contributed by atoms with Gasteiger partial charge in [-0.15, -0.1) is 0 Å². The number of aromatic nitrogens is 1. The van der Waals surface area contributed by atoms with E-state index in [0.29, 0.717) is 13.0 Å². The number of amides is 1. The van der Waals surface area contributed by atoms with E-state index in [-0.39, 0.29) is 11.8 Å². The fourth-order valence-electron chi connectivity index (χ4n) is 4.26. The molecule has 5 nitrogen and oxygen atoms in total. The summed E-state index contributed by atoms with van der Waals surface area (Å²) in [5.41, 5.74) is 3.69. The number of para-hydroxylation sites is 1. The average molecular weight is 406 g/mol. The molecule has 1 atom stereocenters. The maximum atomic E-state index is 12.8. The number of rotatable bonds is 9. The first-order valence-corrected chi connectivity index (χ1v) is 11.0. The molecule has 0 aliphatic carbocycles. The van der Waals surface area contributed by atoms with E-state index >= 15 is 0 Å². The van der Waals surface area contributed by atoms with Gasteiger partial charge in [-0.3, -0.25) is 9.69 Å². The van der Waals surface area contributed by atoms with Gasteiger partial charge in [-0.2, -0.15) is 0 Å². The smallest absolute Gasteiger partial charge is 0.220 e. The molecule has 2 aromatic carbocycles. The highest BCUT2D eigenvalue weighted by Gasteiger charge is 2.20. The van der Waals surface area contributed by atoms with E-state index in [1.807, 2.05) is 12.1 Å². The third-order valence-electron chi connectivity index (χ3n) is 5.97. The second-order valence-electron chi connectivity index (χ2n) is 8.02. The Morgan fingerprint density at radius 1 is 1.07 bits per heavy atom. The predicted molar refractivity (Wildman–Crippen MR) is 121 cm³/mol. The van der Waals surface area contributed by atoms with E-state index in [0.717, 1.165) is 51.2 Å². The number of aromatic amines is 1. The van der Waals surface area contributed by atoms with Crippen molar-refractivity contribution < 1.29 is 9.53 Å². The Morgan fingerprint density at radius 2 is 1.83 bits per heavy atom. The zero-order valence-electron chi connectivity index (χ0n) is 17.5. The largest absolute Gasteiger partial charge is 0.379 e. The number of carbonyl (C=O) groups is 1. The van der Waals surface area contributed by atoms with Crippen LogP contribution in [0.15, 0.2) is 60.8 Å². The van der Waals surface area contributed by atoms with Crippen LogP contribution in [0, 0.1) is 0 Å². The lowest BCUT2D eigenvalue weighted by Gasteiger charge is -2.26. The Labute approximate surface area is 178 Å². The van der Waals surface area contributed by atoms with Gasteiger partial charge in [0.1, 0.15) is 0 Å². The summed E-state index contributed by atoms with van der Waals surface area (Å²) in [6.07, 6.45) is 4.51. The van der Waals surface area contributed by atoms with Crippen molar-refractivity contribution in [3.63, 3.8) is 0 Å². The number of benzene rings is 2. The lowest BCUT2D eigenvalue weighted by molar-refractivity contribution is -0.121. The van der Waals surface area contributed by atoms with Crippen LogP contribution in [0.5, 0.6) is 0 Å². The summed E-state index contributed by atoms with van der Waals surface area (Å²) in [6.45, 7) is 5.05. The third kappa shape index (κ3) is 5.49. The summed E-state index contributed by atoms with van der Waals surface area (Å²) < 4.78 is 5.39. The van der Waals surface area contributed by atoms with Crippen molar-refractivity contribution >= 4 is 16.8 Å². The molecule has 30 heavy (non-hydrogen) atoms. The molecule has 0 radical (unpaired) electrons. The summed E-state index contributed by atoms with van der Waals surface area (Å²) in [5, 5.41) is 4.36. The van der Waals surface area contributed by atoms with Crippen molar-refractivity contribution in [3.05, 3.63) is 71.9 Å². The van der Waals surface area contributed by atoms with Gasteiger partial charge in [0.2, 0.25) is 5.91 Å². The number of carbonyl (C=O) groups excluding carboxylic acids is 1. The molecular weight excluding hydrogens is 374 g/mol. The topological polar surface area (TPSA) is 57.4 Å². The summed E-state index contributed by atoms with van der Waals surface area (Å²) in [7, 11) is 0. The highest BCUT2D eigenvalue weighted by molar-refractivity contribution is 5.85. The van der Waals surface area contributed by atoms with Crippen LogP contribution in [-0.4, -0.2) is 55.2 Å². The van der Waals surface area contributed by atoms with Crippen LogP contribution in [0.2, 0.25) is 0 Å². The van der Waals surface area contributed by atoms with E-state index in [1.165, 1.54) is 16.5 Å². The SMILES string of the molecule is O=C(C[C@H](CCc1ccccc1)c1c[nH]c2ccccc12)NCCN1CCOCC1. The van der Waals surface area contributed by atoms with Crippen molar-refractivity contribution in [2.45, 2.75) is 25.2 Å². The van der Waals surface area contributed by atoms with Crippen LogP contribution < -0.4 is 5.32 Å². The second kappa shape index (κ2) is 10.4. The second-order valence-corrected chi connectivity index (χ2v) is 8.02. The van der Waals surface area contributed by atoms with E-state index in [4.69, 9.17) is 4.74 Å². The highest BCUT2D eigenvalue weighted by Crippen LogP contribution is 2.31. The molecule has 158 valence electrons. The minimum absolute atomic E-state index is 0.131. The molecule has 0 saturated carbocycles. The molecule has 2 heterocycles. The number of ether oxygens (including phenoxy) is 1. The Bertz CT molecular complexity index is 932.